The molecule has 10 heteroatoms. The number of hydrogen-bond acceptors (Lipinski definition) is 9. The van der Waals surface area contributed by atoms with E-state index in [0.717, 1.165) is 27.3 Å². The molecule has 3 aromatic heterocycles. The van der Waals surface area contributed by atoms with Crippen molar-refractivity contribution < 1.29 is 14.3 Å². The van der Waals surface area contributed by atoms with E-state index in [1.165, 1.54) is 11.3 Å². The second kappa shape index (κ2) is 8.12. The summed E-state index contributed by atoms with van der Waals surface area (Å²) >= 11 is 1.31. The number of thiophene rings is 1. The van der Waals surface area contributed by atoms with E-state index in [0.29, 0.717) is 42.6 Å². The van der Waals surface area contributed by atoms with Gasteiger partial charge in [-0.3, -0.25) is 4.79 Å². The summed E-state index contributed by atoms with van der Waals surface area (Å²) in [5, 5.41) is 3.86. The van der Waals surface area contributed by atoms with Crippen LogP contribution in [0.5, 0.6) is 5.88 Å². The predicted molar refractivity (Wildman–Crippen MR) is 129 cm³/mol. The van der Waals surface area contributed by atoms with Crippen LogP contribution in [0.2, 0.25) is 0 Å². The van der Waals surface area contributed by atoms with Crippen molar-refractivity contribution in [1.29, 1.82) is 0 Å². The highest BCUT2D eigenvalue weighted by Crippen LogP contribution is 2.34. The molecule has 9 nitrogen and oxygen atoms in total. The van der Waals surface area contributed by atoms with Crippen LogP contribution in [0.3, 0.4) is 0 Å². The third-order valence-electron chi connectivity index (χ3n) is 6.58. The van der Waals surface area contributed by atoms with Crippen molar-refractivity contribution in [1.82, 2.24) is 15.3 Å². The van der Waals surface area contributed by atoms with Gasteiger partial charge in [0.05, 0.1) is 23.4 Å². The van der Waals surface area contributed by atoms with E-state index in [-0.39, 0.29) is 18.0 Å². The van der Waals surface area contributed by atoms with Crippen molar-refractivity contribution in [2.75, 3.05) is 37.4 Å². The first kappa shape index (κ1) is 21.9. The van der Waals surface area contributed by atoms with Crippen molar-refractivity contribution in [2.24, 2.45) is 5.73 Å². The molecule has 174 valence electrons. The molecule has 1 fully saturated rings. The average molecular weight is 469 g/mol. The van der Waals surface area contributed by atoms with Crippen LogP contribution in [0.25, 0.3) is 10.2 Å². The van der Waals surface area contributed by atoms with Gasteiger partial charge in [0.25, 0.3) is 5.91 Å². The SMILES string of the molecule is CO[C@]1(C)CN(c2ccc3c(n2)OC[C@H](NC(=O)c2sc4nc(C)ccc4c2N)C3)C[C@H]1N. The lowest BCUT2D eigenvalue weighted by molar-refractivity contribution is 0.0129. The molecule has 0 unspecified atom stereocenters. The minimum Gasteiger partial charge on any atom is -0.475 e. The van der Waals surface area contributed by atoms with Crippen LogP contribution < -0.4 is 26.4 Å². The third-order valence-corrected chi connectivity index (χ3v) is 7.70. The summed E-state index contributed by atoms with van der Waals surface area (Å²) in [5.41, 5.74) is 14.4. The molecule has 1 saturated heterocycles. The van der Waals surface area contributed by atoms with Gasteiger partial charge in [-0.25, -0.2) is 4.98 Å². The number of aryl methyl sites for hydroxylation is 1. The summed E-state index contributed by atoms with van der Waals surface area (Å²) in [6.45, 7) is 5.60. The van der Waals surface area contributed by atoms with Crippen molar-refractivity contribution in [3.05, 3.63) is 40.4 Å². The van der Waals surface area contributed by atoms with Crippen LogP contribution in [-0.2, 0) is 11.2 Å². The Morgan fingerprint density at radius 3 is 2.91 bits per heavy atom. The van der Waals surface area contributed by atoms with Crippen molar-refractivity contribution >= 4 is 39.0 Å². The topological polar surface area (TPSA) is 129 Å². The number of hydrogen-bond donors (Lipinski definition) is 3. The van der Waals surface area contributed by atoms with Gasteiger partial charge < -0.3 is 31.2 Å². The van der Waals surface area contributed by atoms with Crippen molar-refractivity contribution in [2.45, 2.75) is 38.0 Å². The van der Waals surface area contributed by atoms with Crippen LogP contribution in [0.15, 0.2) is 24.3 Å². The molecule has 2 aliphatic heterocycles. The average Bonchev–Trinajstić information content (AvgIpc) is 3.29. The standard InChI is InChI=1S/C23H28N6O3S/c1-12-4-6-15-18(25)19(33-22(15)26-12)20(30)27-14-8-13-5-7-17(28-21(13)32-10-14)29-9-16(24)23(2,11-29)31-3/h4-7,14,16H,8-11,24-25H2,1-3H3,(H,27,30)/t14-,16-,23-/m1/s1. The Morgan fingerprint density at radius 1 is 1.33 bits per heavy atom. The molecule has 0 aliphatic carbocycles. The number of carbonyl (C=O) groups excluding carboxylic acids is 1. The molecule has 0 bridgehead atoms. The quantitative estimate of drug-likeness (QED) is 0.529. The smallest absolute Gasteiger partial charge is 0.263 e. The monoisotopic (exact) mass is 468 g/mol. The van der Waals surface area contributed by atoms with E-state index in [1.54, 1.807) is 7.11 Å². The number of fused-ring (bicyclic) bond motifs is 2. The van der Waals surface area contributed by atoms with Gasteiger partial charge in [0.15, 0.2) is 0 Å². The number of methoxy groups -OCH3 is 1. The number of ether oxygens (including phenoxy) is 2. The molecule has 5 heterocycles. The molecule has 0 aromatic carbocycles. The first-order valence-corrected chi connectivity index (χ1v) is 11.7. The molecule has 33 heavy (non-hydrogen) atoms. The minimum atomic E-state index is -0.406. The Balaban J connectivity index is 1.28. The lowest BCUT2D eigenvalue weighted by Crippen LogP contribution is -2.45. The number of rotatable bonds is 4. The summed E-state index contributed by atoms with van der Waals surface area (Å²) in [6, 6.07) is 7.51. The van der Waals surface area contributed by atoms with E-state index in [1.807, 2.05) is 38.1 Å². The molecule has 1 amide bonds. The lowest BCUT2D eigenvalue weighted by atomic mass is 10.0. The maximum atomic E-state index is 12.9. The number of pyridine rings is 2. The largest absolute Gasteiger partial charge is 0.475 e. The van der Waals surface area contributed by atoms with Crippen molar-refractivity contribution in [3.8, 4) is 5.88 Å². The van der Waals surface area contributed by atoms with Crippen LogP contribution in [0.1, 0.15) is 27.9 Å². The van der Waals surface area contributed by atoms with Gasteiger partial charge in [-0.15, -0.1) is 11.3 Å². The third kappa shape index (κ3) is 3.88. The molecular formula is C23H28N6O3S. The van der Waals surface area contributed by atoms with E-state index in [2.05, 4.69) is 15.2 Å². The van der Waals surface area contributed by atoms with Crippen molar-refractivity contribution in [3.63, 3.8) is 0 Å². The van der Waals surface area contributed by atoms with Gasteiger partial charge in [-0.05, 0) is 38.1 Å². The zero-order valence-electron chi connectivity index (χ0n) is 18.9. The van der Waals surface area contributed by atoms with Gasteiger partial charge >= 0.3 is 0 Å². The van der Waals surface area contributed by atoms with Gasteiger partial charge in [0.2, 0.25) is 5.88 Å². The Kier molecular flexibility index (Phi) is 5.38. The fourth-order valence-corrected chi connectivity index (χ4v) is 5.45. The second-order valence-electron chi connectivity index (χ2n) is 8.97. The number of amides is 1. The Hall–Kier alpha value is -2.95. The highest BCUT2D eigenvalue weighted by molar-refractivity contribution is 7.21. The van der Waals surface area contributed by atoms with E-state index in [9.17, 15) is 4.79 Å². The second-order valence-corrected chi connectivity index (χ2v) is 9.97. The maximum Gasteiger partial charge on any atom is 0.263 e. The Bertz CT molecular complexity index is 1230. The fraction of sp³-hybridized carbons (Fsp3) is 0.435. The molecular weight excluding hydrogens is 440 g/mol. The molecule has 0 spiro atoms. The summed E-state index contributed by atoms with van der Waals surface area (Å²) in [4.78, 5) is 25.5. The zero-order valence-corrected chi connectivity index (χ0v) is 19.7. The number of nitrogen functional groups attached to an aromatic ring is 1. The first-order valence-electron chi connectivity index (χ1n) is 10.9. The number of carbonyl (C=O) groups is 1. The zero-order chi connectivity index (χ0) is 23.3. The van der Waals surface area contributed by atoms with Gasteiger partial charge in [-0.2, -0.15) is 4.98 Å². The van der Waals surface area contributed by atoms with Crippen LogP contribution in [0, 0.1) is 6.92 Å². The molecule has 0 radical (unpaired) electrons. The van der Waals surface area contributed by atoms with Gasteiger partial charge in [0.1, 0.15) is 22.1 Å². The predicted octanol–water partition coefficient (Wildman–Crippen LogP) is 1.87. The highest BCUT2D eigenvalue weighted by atomic mass is 32.1. The molecule has 2 aliphatic rings. The summed E-state index contributed by atoms with van der Waals surface area (Å²) < 4.78 is 11.5. The number of nitrogens with zero attached hydrogens (tertiary/aromatic N) is 3. The number of nitrogens with one attached hydrogen (secondary N) is 1. The molecule has 5 N–H and O–H groups in total. The molecule has 5 rings (SSSR count). The van der Waals surface area contributed by atoms with Crippen LogP contribution >= 0.6 is 11.3 Å². The number of aromatic nitrogens is 2. The van der Waals surface area contributed by atoms with Gasteiger partial charge in [-0.1, -0.05) is 0 Å². The first-order chi connectivity index (χ1) is 15.8. The normalized spacial score (nSPS) is 24.5. The summed E-state index contributed by atoms with van der Waals surface area (Å²) in [5.74, 6) is 1.20. The van der Waals surface area contributed by atoms with E-state index < -0.39 is 5.60 Å². The highest BCUT2D eigenvalue weighted by Gasteiger charge is 2.42. The summed E-state index contributed by atoms with van der Waals surface area (Å²) in [7, 11) is 1.69. The molecule has 3 atom stereocenters. The van der Waals surface area contributed by atoms with Crippen LogP contribution in [0.4, 0.5) is 11.5 Å². The molecule has 3 aromatic rings. The lowest BCUT2D eigenvalue weighted by Gasteiger charge is -2.27. The van der Waals surface area contributed by atoms with E-state index in [4.69, 9.17) is 25.9 Å². The Morgan fingerprint density at radius 2 is 2.15 bits per heavy atom. The molecule has 0 saturated carbocycles. The number of anilines is 2. The minimum absolute atomic E-state index is 0.0960. The number of nitrogens with two attached hydrogens (primary N) is 2. The summed E-state index contributed by atoms with van der Waals surface area (Å²) in [6.07, 6.45) is 0.631. The Labute approximate surface area is 196 Å². The van der Waals surface area contributed by atoms with E-state index >= 15 is 0 Å². The maximum absolute atomic E-state index is 12.9. The fourth-order valence-electron chi connectivity index (χ4n) is 4.40. The van der Waals surface area contributed by atoms with Gasteiger partial charge in [0, 0.05) is 43.3 Å². The van der Waals surface area contributed by atoms with Crippen LogP contribution in [-0.4, -0.2) is 60.4 Å².